The highest BCUT2D eigenvalue weighted by molar-refractivity contribution is 5.90. The van der Waals surface area contributed by atoms with Gasteiger partial charge in [-0.1, -0.05) is 0 Å². The lowest BCUT2D eigenvalue weighted by Crippen LogP contribution is -2.35. The summed E-state index contributed by atoms with van der Waals surface area (Å²) in [6.45, 7) is 3.70. The number of likely N-dealkylation sites (tertiary alicyclic amines) is 1. The molecule has 0 aliphatic carbocycles. The van der Waals surface area contributed by atoms with Crippen LogP contribution in [0.1, 0.15) is 29.6 Å². The van der Waals surface area contributed by atoms with Gasteiger partial charge in [-0.3, -0.25) is 15.0 Å². The van der Waals surface area contributed by atoms with Crippen LogP contribution in [-0.2, 0) is 4.74 Å². The van der Waals surface area contributed by atoms with Crippen LogP contribution in [-0.4, -0.2) is 60.1 Å². The molecule has 3 rings (SSSR count). The summed E-state index contributed by atoms with van der Waals surface area (Å²) < 4.78 is 4.60. The van der Waals surface area contributed by atoms with Gasteiger partial charge in [0.1, 0.15) is 0 Å². The van der Waals surface area contributed by atoms with Crippen molar-refractivity contribution in [3.63, 3.8) is 0 Å². The maximum atomic E-state index is 11.5. The van der Waals surface area contributed by atoms with E-state index in [0.717, 1.165) is 32.6 Å². The molecule has 2 saturated heterocycles. The molecule has 0 bridgehead atoms. The number of carbonyl (C=O) groups is 1. The first-order chi connectivity index (χ1) is 11.1. The second-order valence-corrected chi connectivity index (χ2v) is 5.95. The maximum absolute atomic E-state index is 11.5. The van der Waals surface area contributed by atoms with E-state index < -0.39 is 10.9 Å². The average molecular weight is 320 g/mol. The van der Waals surface area contributed by atoms with Crippen molar-refractivity contribution in [1.29, 1.82) is 0 Å². The molecule has 2 aliphatic heterocycles. The van der Waals surface area contributed by atoms with Crippen molar-refractivity contribution >= 4 is 17.5 Å². The van der Waals surface area contributed by atoms with E-state index >= 15 is 0 Å². The second kappa shape index (κ2) is 6.49. The van der Waals surface area contributed by atoms with Gasteiger partial charge in [0, 0.05) is 31.4 Å². The van der Waals surface area contributed by atoms with Crippen LogP contribution < -0.4 is 4.90 Å². The van der Waals surface area contributed by atoms with Crippen molar-refractivity contribution in [2.45, 2.75) is 25.3 Å². The van der Waals surface area contributed by atoms with Crippen LogP contribution in [0, 0.1) is 10.1 Å². The number of hydrogen-bond donors (Lipinski definition) is 0. The molecule has 0 aromatic carbocycles. The smallest absolute Gasteiger partial charge is 0.339 e. The number of carbonyl (C=O) groups excluding carboxylic acids is 1. The molecule has 0 spiro atoms. The Balaban J connectivity index is 1.82. The average Bonchev–Trinajstić information content (AvgIpc) is 3.24. The summed E-state index contributed by atoms with van der Waals surface area (Å²) in [5, 5.41) is 11.4. The zero-order chi connectivity index (χ0) is 16.4. The van der Waals surface area contributed by atoms with Crippen molar-refractivity contribution in [3.8, 4) is 0 Å². The summed E-state index contributed by atoms with van der Waals surface area (Å²) in [7, 11) is 1.24. The lowest BCUT2D eigenvalue weighted by Gasteiger charge is -2.23. The summed E-state index contributed by atoms with van der Waals surface area (Å²) >= 11 is 0. The molecule has 0 saturated carbocycles. The van der Waals surface area contributed by atoms with Crippen LogP contribution in [0.15, 0.2) is 12.3 Å². The number of rotatable bonds is 4. The van der Waals surface area contributed by atoms with Crippen LogP contribution in [0.2, 0.25) is 0 Å². The van der Waals surface area contributed by atoms with E-state index in [-0.39, 0.29) is 11.3 Å². The number of nitro groups is 1. The Morgan fingerprint density at radius 2 is 2.13 bits per heavy atom. The van der Waals surface area contributed by atoms with Crippen LogP contribution in [0.3, 0.4) is 0 Å². The normalized spacial score (nSPS) is 21.6. The zero-order valence-corrected chi connectivity index (χ0v) is 13.1. The largest absolute Gasteiger partial charge is 0.465 e. The van der Waals surface area contributed by atoms with Gasteiger partial charge in [-0.2, -0.15) is 0 Å². The lowest BCUT2D eigenvalue weighted by molar-refractivity contribution is -0.384. The third kappa shape index (κ3) is 3.12. The van der Waals surface area contributed by atoms with Gasteiger partial charge >= 0.3 is 11.7 Å². The molecule has 2 aliphatic rings. The van der Waals surface area contributed by atoms with Gasteiger partial charge < -0.3 is 9.64 Å². The molecule has 1 aromatic heterocycles. The van der Waals surface area contributed by atoms with E-state index in [1.54, 1.807) is 0 Å². The predicted octanol–water partition coefficient (Wildman–Crippen LogP) is 1.45. The highest BCUT2D eigenvalue weighted by Crippen LogP contribution is 2.31. The van der Waals surface area contributed by atoms with Crippen molar-refractivity contribution in [1.82, 2.24) is 9.88 Å². The van der Waals surface area contributed by atoms with E-state index in [9.17, 15) is 14.9 Å². The molecule has 8 heteroatoms. The Morgan fingerprint density at radius 3 is 2.78 bits per heavy atom. The van der Waals surface area contributed by atoms with Crippen LogP contribution in [0.5, 0.6) is 0 Å². The number of pyridine rings is 1. The lowest BCUT2D eigenvalue weighted by atomic mass is 10.2. The number of hydrogen-bond acceptors (Lipinski definition) is 7. The standard InChI is InChI=1S/C15H20N4O4/c1-23-15(20)11-8-13(19(21)22)14(16-9-11)18-7-4-12(10-18)17-5-2-3-6-17/h8-9,12H,2-7,10H2,1H3. The number of anilines is 1. The number of esters is 1. The summed E-state index contributed by atoms with van der Waals surface area (Å²) in [5.41, 5.74) is -0.0480. The minimum absolute atomic E-state index is 0.0956. The van der Waals surface area contributed by atoms with E-state index in [4.69, 9.17) is 0 Å². The molecule has 0 N–H and O–H groups in total. The summed E-state index contributed by atoms with van der Waals surface area (Å²) in [6, 6.07) is 1.68. The molecule has 0 amide bonds. The molecular formula is C15H20N4O4. The molecule has 8 nitrogen and oxygen atoms in total. The van der Waals surface area contributed by atoms with Crippen LogP contribution in [0.25, 0.3) is 0 Å². The van der Waals surface area contributed by atoms with Gasteiger partial charge in [0.05, 0.1) is 17.6 Å². The molecule has 124 valence electrons. The summed E-state index contributed by atoms with van der Waals surface area (Å²) in [5.74, 6) is -0.284. The zero-order valence-electron chi connectivity index (χ0n) is 13.1. The number of ether oxygens (including phenoxy) is 1. The van der Waals surface area contributed by atoms with Crippen molar-refractivity contribution < 1.29 is 14.5 Å². The van der Waals surface area contributed by atoms with Gasteiger partial charge in [0.15, 0.2) is 0 Å². The molecule has 3 heterocycles. The highest BCUT2D eigenvalue weighted by Gasteiger charge is 2.33. The van der Waals surface area contributed by atoms with Crippen molar-refractivity contribution in [3.05, 3.63) is 27.9 Å². The molecule has 1 unspecified atom stereocenters. The molecule has 1 atom stereocenters. The fourth-order valence-corrected chi connectivity index (χ4v) is 3.39. The first kappa shape index (κ1) is 15.7. The van der Waals surface area contributed by atoms with Crippen LogP contribution >= 0.6 is 0 Å². The first-order valence-electron chi connectivity index (χ1n) is 7.82. The Morgan fingerprint density at radius 1 is 1.39 bits per heavy atom. The summed E-state index contributed by atoms with van der Waals surface area (Å²) in [6.07, 6.45) is 4.78. The SMILES string of the molecule is COC(=O)c1cnc(N2CCC(N3CCCC3)C2)c([N+](=O)[O-])c1. The Bertz CT molecular complexity index is 615. The Hall–Kier alpha value is -2.22. The second-order valence-electron chi connectivity index (χ2n) is 5.95. The number of methoxy groups -OCH3 is 1. The molecule has 0 radical (unpaired) electrons. The monoisotopic (exact) mass is 320 g/mol. The maximum Gasteiger partial charge on any atom is 0.339 e. The fraction of sp³-hybridized carbons (Fsp3) is 0.600. The molecule has 2 fully saturated rings. The highest BCUT2D eigenvalue weighted by atomic mass is 16.6. The van der Waals surface area contributed by atoms with Gasteiger partial charge in [0.2, 0.25) is 5.82 Å². The number of nitrogens with zero attached hydrogens (tertiary/aromatic N) is 4. The van der Waals surface area contributed by atoms with E-state index in [0.29, 0.717) is 11.9 Å². The Kier molecular flexibility index (Phi) is 4.42. The fourth-order valence-electron chi connectivity index (χ4n) is 3.39. The van der Waals surface area contributed by atoms with E-state index in [1.165, 1.54) is 32.2 Å². The van der Waals surface area contributed by atoms with Crippen molar-refractivity contribution in [2.75, 3.05) is 38.2 Å². The van der Waals surface area contributed by atoms with Gasteiger partial charge in [-0.05, 0) is 32.4 Å². The van der Waals surface area contributed by atoms with Gasteiger partial charge in [-0.15, -0.1) is 0 Å². The quantitative estimate of drug-likeness (QED) is 0.471. The van der Waals surface area contributed by atoms with Crippen LogP contribution in [0.4, 0.5) is 11.5 Å². The molecular weight excluding hydrogens is 300 g/mol. The molecule has 23 heavy (non-hydrogen) atoms. The molecule has 1 aromatic rings. The first-order valence-corrected chi connectivity index (χ1v) is 7.82. The minimum atomic E-state index is -0.622. The summed E-state index contributed by atoms with van der Waals surface area (Å²) in [4.78, 5) is 31.0. The van der Waals surface area contributed by atoms with E-state index in [1.807, 2.05) is 4.90 Å². The minimum Gasteiger partial charge on any atom is -0.465 e. The topological polar surface area (TPSA) is 88.8 Å². The van der Waals surface area contributed by atoms with Gasteiger partial charge in [0.25, 0.3) is 0 Å². The van der Waals surface area contributed by atoms with Gasteiger partial charge in [-0.25, -0.2) is 9.78 Å². The third-order valence-corrected chi connectivity index (χ3v) is 4.58. The third-order valence-electron chi connectivity index (χ3n) is 4.58. The predicted molar refractivity (Wildman–Crippen MR) is 83.7 cm³/mol. The Labute approximate surface area is 134 Å². The van der Waals surface area contributed by atoms with Crippen molar-refractivity contribution in [2.24, 2.45) is 0 Å². The van der Waals surface area contributed by atoms with E-state index in [2.05, 4.69) is 14.6 Å². The number of aromatic nitrogens is 1.